The third-order valence-electron chi connectivity index (χ3n) is 6.26. The molecule has 10 heteroatoms. The van der Waals surface area contributed by atoms with Gasteiger partial charge >= 0.3 is 6.09 Å². The SMILES string of the molecule is CC(C[C@H]1CN(c2ccc3ccccc3c2)C(=O)O1)(C(=O)NOC1CCCCO1)S(C)(=O)=O. The Balaban J connectivity index is 1.47. The molecule has 3 atom stereocenters. The average Bonchev–Trinajstić information content (AvgIpc) is 3.16. The van der Waals surface area contributed by atoms with Crippen molar-refractivity contribution >= 4 is 38.3 Å². The number of sulfone groups is 1. The fraction of sp³-hybridized carbons (Fsp3) is 0.478. The van der Waals surface area contributed by atoms with Crippen LogP contribution >= 0.6 is 0 Å². The molecule has 4 rings (SSSR count). The molecule has 2 fully saturated rings. The van der Waals surface area contributed by atoms with Crippen LogP contribution in [-0.2, 0) is 28.9 Å². The number of fused-ring (bicyclic) bond motifs is 1. The molecule has 2 amide bonds. The maximum Gasteiger partial charge on any atom is 0.414 e. The van der Waals surface area contributed by atoms with Crippen molar-refractivity contribution in [1.29, 1.82) is 0 Å². The quantitative estimate of drug-likeness (QED) is 0.612. The van der Waals surface area contributed by atoms with Crippen LogP contribution < -0.4 is 10.4 Å². The van der Waals surface area contributed by atoms with Crippen molar-refractivity contribution in [3.63, 3.8) is 0 Å². The van der Waals surface area contributed by atoms with Gasteiger partial charge in [0.05, 0.1) is 6.54 Å². The molecular formula is C23H28N2O7S. The lowest BCUT2D eigenvalue weighted by atomic mass is 10.0. The number of benzene rings is 2. The van der Waals surface area contributed by atoms with Crippen LogP contribution in [0.1, 0.15) is 32.6 Å². The minimum absolute atomic E-state index is 0.127. The van der Waals surface area contributed by atoms with Crippen LogP contribution in [0, 0.1) is 0 Å². The highest BCUT2D eigenvalue weighted by molar-refractivity contribution is 7.92. The highest BCUT2D eigenvalue weighted by Gasteiger charge is 2.48. The Morgan fingerprint density at radius 3 is 2.67 bits per heavy atom. The van der Waals surface area contributed by atoms with Gasteiger partial charge in [-0.2, -0.15) is 0 Å². The Kier molecular flexibility index (Phi) is 6.60. The van der Waals surface area contributed by atoms with Crippen LogP contribution in [-0.4, -0.2) is 57.0 Å². The highest BCUT2D eigenvalue weighted by Crippen LogP contribution is 2.31. The first kappa shape index (κ1) is 23.5. The third kappa shape index (κ3) is 4.97. The second-order valence-electron chi connectivity index (χ2n) is 8.70. The van der Waals surface area contributed by atoms with Crippen molar-refractivity contribution in [3.05, 3.63) is 42.5 Å². The Bertz CT molecular complexity index is 1150. The minimum atomic E-state index is -3.88. The van der Waals surface area contributed by atoms with Crippen molar-refractivity contribution in [3.8, 4) is 0 Å². The van der Waals surface area contributed by atoms with E-state index in [0.717, 1.165) is 29.9 Å². The first-order valence-corrected chi connectivity index (χ1v) is 12.8. The van der Waals surface area contributed by atoms with Gasteiger partial charge < -0.3 is 9.47 Å². The van der Waals surface area contributed by atoms with Gasteiger partial charge in [0.2, 0.25) is 0 Å². The molecule has 0 aliphatic carbocycles. The van der Waals surface area contributed by atoms with Gasteiger partial charge in [-0.1, -0.05) is 30.3 Å². The topological polar surface area (TPSA) is 111 Å². The third-order valence-corrected chi connectivity index (χ3v) is 8.24. The summed E-state index contributed by atoms with van der Waals surface area (Å²) in [6, 6.07) is 13.4. The molecule has 0 spiro atoms. The number of nitrogens with one attached hydrogen (secondary N) is 1. The van der Waals surface area contributed by atoms with Crippen LogP contribution in [0.15, 0.2) is 42.5 Å². The molecule has 2 unspecified atom stereocenters. The summed E-state index contributed by atoms with van der Waals surface area (Å²) in [4.78, 5) is 32.2. The molecule has 2 aromatic rings. The van der Waals surface area contributed by atoms with Gasteiger partial charge in [-0.05, 0) is 42.7 Å². The van der Waals surface area contributed by atoms with Crippen molar-refractivity contribution < 1.29 is 32.3 Å². The molecule has 178 valence electrons. The van der Waals surface area contributed by atoms with Crippen molar-refractivity contribution in [2.45, 2.75) is 49.7 Å². The van der Waals surface area contributed by atoms with Gasteiger partial charge in [-0.15, -0.1) is 0 Å². The smallest absolute Gasteiger partial charge is 0.414 e. The fourth-order valence-electron chi connectivity index (χ4n) is 4.06. The lowest BCUT2D eigenvalue weighted by molar-refractivity contribution is -0.201. The predicted octanol–water partition coefficient (Wildman–Crippen LogP) is 2.93. The van der Waals surface area contributed by atoms with Gasteiger partial charge in [0.1, 0.15) is 6.10 Å². The van der Waals surface area contributed by atoms with E-state index in [0.29, 0.717) is 18.7 Å². The number of hydrogen-bond donors (Lipinski definition) is 1. The van der Waals surface area contributed by atoms with E-state index in [1.165, 1.54) is 11.8 Å². The van der Waals surface area contributed by atoms with E-state index in [2.05, 4.69) is 5.48 Å². The second kappa shape index (κ2) is 9.28. The van der Waals surface area contributed by atoms with Crippen molar-refractivity contribution in [2.75, 3.05) is 24.3 Å². The monoisotopic (exact) mass is 476 g/mol. The number of anilines is 1. The fourth-order valence-corrected chi connectivity index (χ4v) is 4.93. The number of carbonyl (C=O) groups excluding carboxylic acids is 2. The Labute approximate surface area is 192 Å². The van der Waals surface area contributed by atoms with E-state index < -0.39 is 39.0 Å². The highest BCUT2D eigenvalue weighted by atomic mass is 32.2. The zero-order valence-corrected chi connectivity index (χ0v) is 19.5. The maximum atomic E-state index is 12.9. The normalized spacial score (nSPS) is 23.2. The molecule has 0 aromatic heterocycles. The summed E-state index contributed by atoms with van der Waals surface area (Å²) in [5, 5.41) is 2.00. The lowest BCUT2D eigenvalue weighted by Crippen LogP contribution is -2.53. The number of hydroxylamine groups is 1. The van der Waals surface area contributed by atoms with Gasteiger partial charge in [0, 0.05) is 31.4 Å². The summed E-state index contributed by atoms with van der Waals surface area (Å²) in [6.45, 7) is 1.96. The number of nitrogens with zero attached hydrogens (tertiary/aromatic N) is 1. The number of rotatable bonds is 7. The summed E-state index contributed by atoms with van der Waals surface area (Å²) < 4.78 is 34.2. The zero-order valence-electron chi connectivity index (χ0n) is 18.7. The summed E-state index contributed by atoms with van der Waals surface area (Å²) in [5.74, 6) is -0.820. The Morgan fingerprint density at radius 1 is 1.21 bits per heavy atom. The maximum absolute atomic E-state index is 12.9. The van der Waals surface area contributed by atoms with E-state index in [-0.39, 0.29) is 13.0 Å². The van der Waals surface area contributed by atoms with E-state index in [9.17, 15) is 18.0 Å². The largest absolute Gasteiger partial charge is 0.444 e. The number of hydrogen-bond acceptors (Lipinski definition) is 7. The van der Waals surface area contributed by atoms with Crippen LogP contribution in [0.25, 0.3) is 10.8 Å². The number of carbonyl (C=O) groups is 2. The van der Waals surface area contributed by atoms with Gasteiger partial charge in [-0.3, -0.25) is 9.69 Å². The van der Waals surface area contributed by atoms with Crippen LogP contribution in [0.2, 0.25) is 0 Å². The second-order valence-corrected chi connectivity index (χ2v) is 11.1. The van der Waals surface area contributed by atoms with Gasteiger partial charge in [0.25, 0.3) is 5.91 Å². The molecule has 9 nitrogen and oxygen atoms in total. The number of ether oxygens (including phenoxy) is 2. The van der Waals surface area contributed by atoms with E-state index in [1.54, 1.807) is 0 Å². The molecule has 33 heavy (non-hydrogen) atoms. The molecule has 0 saturated carbocycles. The van der Waals surface area contributed by atoms with Crippen LogP contribution in [0.3, 0.4) is 0 Å². The van der Waals surface area contributed by atoms with Gasteiger partial charge in [-0.25, -0.2) is 23.5 Å². The molecule has 0 bridgehead atoms. The number of amides is 2. The van der Waals surface area contributed by atoms with E-state index in [4.69, 9.17) is 14.3 Å². The summed E-state index contributed by atoms with van der Waals surface area (Å²) in [7, 11) is -3.88. The van der Waals surface area contributed by atoms with Crippen LogP contribution in [0.5, 0.6) is 0 Å². The molecule has 2 aliphatic heterocycles. The van der Waals surface area contributed by atoms with Crippen molar-refractivity contribution in [2.24, 2.45) is 0 Å². The summed E-state index contributed by atoms with van der Waals surface area (Å²) in [6.07, 6.45) is 1.21. The lowest BCUT2D eigenvalue weighted by Gasteiger charge is -2.29. The minimum Gasteiger partial charge on any atom is -0.444 e. The van der Waals surface area contributed by atoms with Crippen molar-refractivity contribution in [1.82, 2.24) is 5.48 Å². The predicted molar refractivity (Wildman–Crippen MR) is 122 cm³/mol. The molecule has 0 radical (unpaired) electrons. The van der Waals surface area contributed by atoms with E-state index in [1.807, 2.05) is 42.5 Å². The summed E-state index contributed by atoms with van der Waals surface area (Å²) >= 11 is 0. The molecule has 2 heterocycles. The molecule has 2 aliphatic rings. The average molecular weight is 477 g/mol. The molecule has 2 saturated heterocycles. The van der Waals surface area contributed by atoms with Gasteiger partial charge in [0.15, 0.2) is 20.9 Å². The van der Waals surface area contributed by atoms with Crippen LogP contribution in [0.4, 0.5) is 10.5 Å². The summed E-state index contributed by atoms with van der Waals surface area (Å²) in [5.41, 5.74) is 2.89. The molecular weight excluding hydrogens is 448 g/mol. The van der Waals surface area contributed by atoms with E-state index >= 15 is 0 Å². The number of cyclic esters (lactones) is 1. The Hall–Kier alpha value is -2.69. The molecule has 2 aromatic carbocycles. The zero-order chi connectivity index (χ0) is 23.6. The molecule has 1 N–H and O–H groups in total. The Morgan fingerprint density at radius 2 is 1.97 bits per heavy atom. The standard InChI is InChI=1S/C23H28N2O7S/c1-23(33(2,28)29,21(26)24-32-20-9-5-6-12-30-20)14-19-15-25(22(27)31-19)18-11-10-16-7-3-4-8-17(16)13-18/h3-4,7-8,10-11,13,19-20H,5-6,9,12,14-15H2,1-2H3,(H,24,26)/t19-,20?,23?/m0/s1. The first-order chi connectivity index (χ1) is 15.7. The first-order valence-electron chi connectivity index (χ1n) is 10.9.